The molecule has 104 valence electrons. The molecule has 1 amide bonds. The highest BCUT2D eigenvalue weighted by Gasteiger charge is 2.34. The largest absolute Gasteiger partial charge is 0.378 e. The molecule has 2 atom stereocenters. The number of rotatable bonds is 2. The van der Waals surface area contributed by atoms with Crippen molar-refractivity contribution in [3.05, 3.63) is 21.9 Å². The molecule has 4 nitrogen and oxygen atoms in total. The Morgan fingerprint density at radius 2 is 2.53 bits per heavy atom. The summed E-state index contributed by atoms with van der Waals surface area (Å²) in [5.41, 5.74) is 1.35. The lowest BCUT2D eigenvalue weighted by Crippen LogP contribution is -2.54. The van der Waals surface area contributed by atoms with Crippen molar-refractivity contribution in [1.82, 2.24) is 10.2 Å². The Morgan fingerprint density at radius 3 is 3.26 bits per heavy atom. The first-order valence-electron chi connectivity index (χ1n) is 6.99. The van der Waals surface area contributed by atoms with Gasteiger partial charge in [-0.05, 0) is 29.9 Å². The van der Waals surface area contributed by atoms with Crippen LogP contribution in [0.1, 0.15) is 29.8 Å². The molecule has 0 bridgehead atoms. The van der Waals surface area contributed by atoms with Gasteiger partial charge in [0.15, 0.2) is 0 Å². The number of amides is 1. The van der Waals surface area contributed by atoms with Gasteiger partial charge in [-0.1, -0.05) is 6.92 Å². The average Bonchev–Trinajstić information content (AvgIpc) is 2.94. The number of nitrogens with zero attached hydrogens (tertiary/aromatic N) is 1. The number of hydrogen-bond donors (Lipinski definition) is 1. The van der Waals surface area contributed by atoms with Crippen molar-refractivity contribution < 1.29 is 9.53 Å². The Balaban J connectivity index is 1.78. The second-order valence-electron chi connectivity index (χ2n) is 5.09. The van der Waals surface area contributed by atoms with Crippen LogP contribution in [0.4, 0.5) is 0 Å². The Kier molecular flexibility index (Phi) is 3.86. The maximum atomic E-state index is 12.6. The molecule has 0 aromatic carbocycles. The zero-order valence-corrected chi connectivity index (χ0v) is 12.0. The standard InChI is InChI=1S/C14H20N2O2S/c1-2-12-10-4-8-19-13(10)3-6-16(12)14(17)11-9-18-7-5-15-11/h4,8,11-12,15H,2-3,5-7,9H2,1H3. The summed E-state index contributed by atoms with van der Waals surface area (Å²) in [5, 5.41) is 5.41. The highest BCUT2D eigenvalue weighted by Crippen LogP contribution is 2.35. The van der Waals surface area contributed by atoms with Gasteiger partial charge in [-0.2, -0.15) is 0 Å². The molecular formula is C14H20N2O2S. The van der Waals surface area contributed by atoms with Crippen LogP contribution < -0.4 is 5.32 Å². The fourth-order valence-corrected chi connectivity index (χ4v) is 3.95. The summed E-state index contributed by atoms with van der Waals surface area (Å²) < 4.78 is 5.41. The van der Waals surface area contributed by atoms with Gasteiger partial charge in [0.25, 0.3) is 0 Å². The van der Waals surface area contributed by atoms with Crippen molar-refractivity contribution in [2.75, 3.05) is 26.3 Å². The van der Waals surface area contributed by atoms with Gasteiger partial charge in [-0.3, -0.25) is 4.79 Å². The Labute approximate surface area is 117 Å². The summed E-state index contributed by atoms with van der Waals surface area (Å²) >= 11 is 1.82. The fourth-order valence-electron chi connectivity index (χ4n) is 3.02. The lowest BCUT2D eigenvalue weighted by Gasteiger charge is -2.38. The highest BCUT2D eigenvalue weighted by atomic mass is 32.1. The van der Waals surface area contributed by atoms with E-state index in [9.17, 15) is 4.79 Å². The van der Waals surface area contributed by atoms with Crippen LogP contribution in [0.25, 0.3) is 0 Å². The lowest BCUT2D eigenvalue weighted by atomic mass is 9.97. The second-order valence-corrected chi connectivity index (χ2v) is 6.09. The van der Waals surface area contributed by atoms with Gasteiger partial charge < -0.3 is 15.0 Å². The molecule has 1 saturated heterocycles. The molecule has 2 aliphatic heterocycles. The monoisotopic (exact) mass is 280 g/mol. The minimum Gasteiger partial charge on any atom is -0.378 e. The highest BCUT2D eigenvalue weighted by molar-refractivity contribution is 7.10. The van der Waals surface area contributed by atoms with E-state index in [-0.39, 0.29) is 18.0 Å². The fraction of sp³-hybridized carbons (Fsp3) is 0.643. The molecule has 1 N–H and O–H groups in total. The normalized spacial score (nSPS) is 27.1. The van der Waals surface area contributed by atoms with Crippen molar-refractivity contribution in [2.24, 2.45) is 0 Å². The molecule has 1 fully saturated rings. The maximum Gasteiger partial charge on any atom is 0.242 e. The maximum absolute atomic E-state index is 12.6. The molecule has 0 saturated carbocycles. The summed E-state index contributed by atoms with van der Waals surface area (Å²) in [5.74, 6) is 0.198. The molecule has 0 aliphatic carbocycles. The SMILES string of the molecule is CCC1c2ccsc2CCN1C(=O)C1COCCN1. The summed E-state index contributed by atoms with van der Waals surface area (Å²) in [6, 6.07) is 2.26. The van der Waals surface area contributed by atoms with Crippen LogP contribution in [-0.4, -0.2) is 43.2 Å². The first kappa shape index (κ1) is 13.1. The molecule has 1 aromatic rings. The van der Waals surface area contributed by atoms with Gasteiger partial charge in [-0.15, -0.1) is 11.3 Å². The minimum atomic E-state index is -0.164. The van der Waals surface area contributed by atoms with E-state index in [2.05, 4.69) is 23.7 Å². The van der Waals surface area contributed by atoms with E-state index in [1.54, 1.807) is 0 Å². The van der Waals surface area contributed by atoms with E-state index >= 15 is 0 Å². The summed E-state index contributed by atoms with van der Waals surface area (Å²) in [7, 11) is 0. The number of thiophene rings is 1. The number of morpholine rings is 1. The molecule has 0 radical (unpaired) electrons. The van der Waals surface area contributed by atoms with Crippen molar-refractivity contribution in [2.45, 2.75) is 31.8 Å². The smallest absolute Gasteiger partial charge is 0.242 e. The van der Waals surface area contributed by atoms with Crippen molar-refractivity contribution in [1.29, 1.82) is 0 Å². The Morgan fingerprint density at radius 1 is 1.63 bits per heavy atom. The molecular weight excluding hydrogens is 260 g/mol. The van der Waals surface area contributed by atoms with E-state index in [1.165, 1.54) is 10.4 Å². The number of hydrogen-bond acceptors (Lipinski definition) is 4. The van der Waals surface area contributed by atoms with Crippen LogP contribution in [0, 0.1) is 0 Å². The van der Waals surface area contributed by atoms with E-state index in [4.69, 9.17) is 4.74 Å². The van der Waals surface area contributed by atoms with Gasteiger partial charge in [0, 0.05) is 18.0 Å². The first-order chi connectivity index (χ1) is 9.31. The quantitative estimate of drug-likeness (QED) is 0.894. The summed E-state index contributed by atoms with van der Waals surface area (Å²) in [4.78, 5) is 16.1. The van der Waals surface area contributed by atoms with Gasteiger partial charge in [0.2, 0.25) is 5.91 Å². The van der Waals surface area contributed by atoms with Crippen LogP contribution in [0.5, 0.6) is 0 Å². The van der Waals surface area contributed by atoms with Crippen LogP contribution in [0.2, 0.25) is 0 Å². The third-order valence-corrected chi connectivity index (χ3v) is 4.98. The van der Waals surface area contributed by atoms with Crippen molar-refractivity contribution in [3.8, 4) is 0 Å². The molecule has 3 heterocycles. The number of fused-ring (bicyclic) bond motifs is 1. The molecule has 5 heteroatoms. The van der Waals surface area contributed by atoms with Gasteiger partial charge in [0.05, 0.1) is 19.3 Å². The Hall–Kier alpha value is -0.910. The molecule has 2 unspecified atom stereocenters. The van der Waals surface area contributed by atoms with E-state index in [0.717, 1.165) is 25.9 Å². The predicted octanol–water partition coefficient (Wildman–Crippen LogP) is 1.57. The third kappa shape index (κ3) is 2.42. The molecule has 1 aromatic heterocycles. The summed E-state index contributed by atoms with van der Waals surface area (Å²) in [6.07, 6.45) is 1.96. The first-order valence-corrected chi connectivity index (χ1v) is 7.87. The van der Waals surface area contributed by atoms with E-state index in [1.807, 2.05) is 16.2 Å². The van der Waals surface area contributed by atoms with Gasteiger partial charge in [0.1, 0.15) is 6.04 Å². The van der Waals surface area contributed by atoms with Crippen molar-refractivity contribution in [3.63, 3.8) is 0 Å². The molecule has 2 aliphatic rings. The lowest BCUT2D eigenvalue weighted by molar-refractivity contribution is -0.139. The average molecular weight is 280 g/mol. The zero-order valence-electron chi connectivity index (χ0n) is 11.2. The van der Waals surface area contributed by atoms with E-state index in [0.29, 0.717) is 13.2 Å². The van der Waals surface area contributed by atoms with Crippen LogP contribution in [-0.2, 0) is 16.0 Å². The Bertz CT molecular complexity index is 454. The number of carbonyl (C=O) groups is 1. The van der Waals surface area contributed by atoms with Crippen LogP contribution in [0.15, 0.2) is 11.4 Å². The summed E-state index contributed by atoms with van der Waals surface area (Å²) in [6.45, 7) is 4.97. The topological polar surface area (TPSA) is 41.6 Å². The molecule has 19 heavy (non-hydrogen) atoms. The molecule has 0 spiro atoms. The molecule has 3 rings (SSSR count). The van der Waals surface area contributed by atoms with Crippen molar-refractivity contribution >= 4 is 17.2 Å². The second kappa shape index (κ2) is 5.61. The predicted molar refractivity (Wildman–Crippen MR) is 75.4 cm³/mol. The van der Waals surface area contributed by atoms with Gasteiger partial charge in [-0.25, -0.2) is 0 Å². The minimum absolute atomic E-state index is 0.164. The zero-order chi connectivity index (χ0) is 13.2. The number of carbonyl (C=O) groups excluding carboxylic acids is 1. The number of nitrogens with one attached hydrogen (secondary N) is 1. The van der Waals surface area contributed by atoms with E-state index < -0.39 is 0 Å². The van der Waals surface area contributed by atoms with Crippen LogP contribution >= 0.6 is 11.3 Å². The van der Waals surface area contributed by atoms with Crippen LogP contribution in [0.3, 0.4) is 0 Å². The number of ether oxygens (including phenoxy) is 1. The third-order valence-electron chi connectivity index (χ3n) is 3.98. The van der Waals surface area contributed by atoms with Gasteiger partial charge >= 0.3 is 0 Å².